The highest BCUT2D eigenvalue weighted by molar-refractivity contribution is 5.86. The third-order valence-corrected chi connectivity index (χ3v) is 4.25. The third kappa shape index (κ3) is 3.42. The molecule has 1 aromatic rings. The van der Waals surface area contributed by atoms with Gasteiger partial charge in [-0.05, 0) is 37.5 Å². The van der Waals surface area contributed by atoms with Crippen LogP contribution in [0.25, 0.3) is 0 Å². The van der Waals surface area contributed by atoms with Crippen molar-refractivity contribution in [1.29, 1.82) is 0 Å². The van der Waals surface area contributed by atoms with Crippen molar-refractivity contribution in [3.8, 4) is 0 Å². The van der Waals surface area contributed by atoms with Crippen LogP contribution >= 0.6 is 0 Å². The van der Waals surface area contributed by atoms with Crippen LogP contribution in [-0.4, -0.2) is 41.0 Å². The monoisotopic (exact) mass is 290 g/mol. The molecule has 0 spiro atoms. The average Bonchev–Trinajstić information content (AvgIpc) is 2.43. The fourth-order valence-corrected chi connectivity index (χ4v) is 2.79. The first-order valence-electron chi connectivity index (χ1n) is 7.22. The molecule has 1 aromatic carbocycles. The van der Waals surface area contributed by atoms with Gasteiger partial charge < -0.3 is 10.4 Å². The number of aliphatic carboxylic acids is 1. The smallest absolute Gasteiger partial charge is 0.305 e. The maximum Gasteiger partial charge on any atom is 0.305 e. The molecule has 1 saturated heterocycles. The Hall–Kier alpha value is -1.88. The zero-order chi connectivity index (χ0) is 15.6. The number of carboxylic acid groups (broad SMARTS) is 1. The van der Waals surface area contributed by atoms with Crippen LogP contribution in [0.15, 0.2) is 18.2 Å². The van der Waals surface area contributed by atoms with Crippen LogP contribution in [0.2, 0.25) is 0 Å². The maximum atomic E-state index is 12.0. The predicted octanol–water partition coefficient (Wildman–Crippen LogP) is 1.64. The minimum Gasteiger partial charge on any atom is -0.481 e. The first-order chi connectivity index (χ1) is 9.90. The maximum absolute atomic E-state index is 12.0. The molecule has 1 fully saturated rings. The molecule has 1 aliphatic rings. The van der Waals surface area contributed by atoms with Crippen molar-refractivity contribution >= 4 is 11.9 Å². The zero-order valence-corrected chi connectivity index (χ0v) is 12.7. The Morgan fingerprint density at radius 1 is 1.43 bits per heavy atom. The number of amides is 1. The SMILES string of the molecule is Cc1ccc(C(C)N2CCNC(=O)C2CC(=O)O)cc1C. The van der Waals surface area contributed by atoms with Crippen molar-refractivity contribution in [3.63, 3.8) is 0 Å². The van der Waals surface area contributed by atoms with Crippen molar-refractivity contribution in [1.82, 2.24) is 10.2 Å². The van der Waals surface area contributed by atoms with E-state index in [4.69, 9.17) is 5.11 Å². The van der Waals surface area contributed by atoms with Gasteiger partial charge in [-0.1, -0.05) is 18.2 Å². The number of carbonyl (C=O) groups is 2. The molecule has 5 heteroatoms. The van der Waals surface area contributed by atoms with Gasteiger partial charge in [0.25, 0.3) is 0 Å². The van der Waals surface area contributed by atoms with Crippen molar-refractivity contribution in [2.45, 2.75) is 39.3 Å². The minimum atomic E-state index is -0.950. The highest BCUT2D eigenvalue weighted by Gasteiger charge is 2.34. The highest BCUT2D eigenvalue weighted by Crippen LogP contribution is 2.26. The average molecular weight is 290 g/mol. The second-order valence-electron chi connectivity index (χ2n) is 5.66. The van der Waals surface area contributed by atoms with Crippen LogP contribution in [0.4, 0.5) is 0 Å². The highest BCUT2D eigenvalue weighted by atomic mass is 16.4. The number of rotatable bonds is 4. The molecule has 2 rings (SSSR count). The van der Waals surface area contributed by atoms with Gasteiger partial charge in [0.05, 0.1) is 6.42 Å². The number of nitrogens with zero attached hydrogens (tertiary/aromatic N) is 1. The van der Waals surface area contributed by atoms with Gasteiger partial charge in [-0.3, -0.25) is 14.5 Å². The molecule has 2 N–H and O–H groups in total. The van der Waals surface area contributed by atoms with Crippen LogP contribution in [0.5, 0.6) is 0 Å². The van der Waals surface area contributed by atoms with Gasteiger partial charge in [-0.2, -0.15) is 0 Å². The van der Waals surface area contributed by atoms with E-state index < -0.39 is 12.0 Å². The van der Waals surface area contributed by atoms with Crippen molar-refractivity contribution in [3.05, 3.63) is 34.9 Å². The third-order valence-electron chi connectivity index (χ3n) is 4.25. The first kappa shape index (κ1) is 15.5. The quantitative estimate of drug-likeness (QED) is 0.884. The predicted molar refractivity (Wildman–Crippen MR) is 80.1 cm³/mol. The van der Waals surface area contributed by atoms with Gasteiger partial charge in [-0.15, -0.1) is 0 Å². The minimum absolute atomic E-state index is 0.0136. The molecule has 2 unspecified atom stereocenters. The summed E-state index contributed by atoms with van der Waals surface area (Å²) >= 11 is 0. The summed E-state index contributed by atoms with van der Waals surface area (Å²) in [6.07, 6.45) is -0.166. The topological polar surface area (TPSA) is 69.6 Å². The van der Waals surface area contributed by atoms with E-state index >= 15 is 0 Å². The van der Waals surface area contributed by atoms with Gasteiger partial charge in [0.15, 0.2) is 0 Å². The van der Waals surface area contributed by atoms with E-state index in [1.807, 2.05) is 11.8 Å². The lowest BCUT2D eigenvalue weighted by atomic mass is 9.98. The molecule has 21 heavy (non-hydrogen) atoms. The lowest BCUT2D eigenvalue weighted by Gasteiger charge is -2.38. The number of hydrogen-bond acceptors (Lipinski definition) is 3. The van der Waals surface area contributed by atoms with Crippen molar-refractivity contribution < 1.29 is 14.7 Å². The molecule has 1 aliphatic heterocycles. The summed E-state index contributed by atoms with van der Waals surface area (Å²) in [6, 6.07) is 5.64. The molecule has 0 aromatic heterocycles. The second kappa shape index (κ2) is 6.26. The van der Waals surface area contributed by atoms with Gasteiger partial charge >= 0.3 is 5.97 Å². The number of carboxylic acids is 1. The summed E-state index contributed by atoms with van der Waals surface area (Å²) in [6.45, 7) is 7.37. The number of benzene rings is 1. The van der Waals surface area contributed by atoms with Crippen LogP contribution in [0.3, 0.4) is 0 Å². The van der Waals surface area contributed by atoms with Crippen molar-refractivity contribution in [2.24, 2.45) is 0 Å². The summed E-state index contributed by atoms with van der Waals surface area (Å²) in [5.41, 5.74) is 3.54. The number of carbonyl (C=O) groups excluding carboxylic acids is 1. The molecule has 2 atom stereocenters. The van der Waals surface area contributed by atoms with E-state index in [1.54, 1.807) is 0 Å². The largest absolute Gasteiger partial charge is 0.481 e. The zero-order valence-electron chi connectivity index (χ0n) is 12.7. The number of piperazine rings is 1. The van der Waals surface area contributed by atoms with E-state index in [9.17, 15) is 9.59 Å². The Morgan fingerprint density at radius 2 is 2.14 bits per heavy atom. The second-order valence-corrected chi connectivity index (χ2v) is 5.66. The van der Waals surface area contributed by atoms with E-state index in [0.29, 0.717) is 13.1 Å². The molecule has 114 valence electrons. The Morgan fingerprint density at radius 3 is 2.76 bits per heavy atom. The molecule has 1 heterocycles. The Kier molecular flexibility index (Phi) is 4.63. The molecule has 5 nitrogen and oxygen atoms in total. The normalized spacial score (nSPS) is 20.9. The molecule has 0 bridgehead atoms. The van der Waals surface area contributed by atoms with Crippen LogP contribution in [-0.2, 0) is 9.59 Å². The van der Waals surface area contributed by atoms with Crippen LogP contribution in [0, 0.1) is 13.8 Å². The van der Waals surface area contributed by atoms with E-state index in [-0.39, 0.29) is 18.4 Å². The Bertz CT molecular complexity index is 556. The molecule has 0 radical (unpaired) electrons. The lowest BCUT2D eigenvalue weighted by Crippen LogP contribution is -2.56. The summed E-state index contributed by atoms with van der Waals surface area (Å²) in [7, 11) is 0. The Labute approximate surface area is 125 Å². The summed E-state index contributed by atoms with van der Waals surface area (Å²) in [5, 5.41) is 11.8. The molecular formula is C16H22N2O3. The fourth-order valence-electron chi connectivity index (χ4n) is 2.79. The fraction of sp³-hybridized carbons (Fsp3) is 0.500. The van der Waals surface area contributed by atoms with E-state index in [2.05, 4.69) is 37.4 Å². The van der Waals surface area contributed by atoms with Crippen LogP contribution < -0.4 is 5.32 Å². The number of nitrogens with one attached hydrogen (secondary N) is 1. The summed E-state index contributed by atoms with van der Waals surface area (Å²) in [4.78, 5) is 25.0. The standard InChI is InChI=1S/C16H22N2O3/c1-10-4-5-13(8-11(10)2)12(3)18-7-6-17-16(21)14(18)9-15(19)20/h4-5,8,12,14H,6-7,9H2,1-3H3,(H,17,21)(H,19,20). The van der Waals surface area contributed by atoms with Gasteiger partial charge in [-0.25, -0.2) is 0 Å². The lowest BCUT2D eigenvalue weighted by molar-refractivity contribution is -0.143. The molecule has 0 saturated carbocycles. The number of aryl methyl sites for hydroxylation is 2. The van der Waals surface area contributed by atoms with E-state index in [0.717, 1.165) is 5.56 Å². The van der Waals surface area contributed by atoms with Gasteiger partial charge in [0, 0.05) is 19.1 Å². The molecular weight excluding hydrogens is 268 g/mol. The van der Waals surface area contributed by atoms with Crippen molar-refractivity contribution in [2.75, 3.05) is 13.1 Å². The van der Waals surface area contributed by atoms with Gasteiger partial charge in [0.1, 0.15) is 6.04 Å². The number of hydrogen-bond donors (Lipinski definition) is 2. The van der Waals surface area contributed by atoms with Crippen LogP contribution in [0.1, 0.15) is 36.1 Å². The summed E-state index contributed by atoms with van der Waals surface area (Å²) < 4.78 is 0. The van der Waals surface area contributed by atoms with E-state index in [1.165, 1.54) is 11.1 Å². The first-order valence-corrected chi connectivity index (χ1v) is 7.22. The summed E-state index contributed by atoms with van der Waals surface area (Å²) in [5.74, 6) is -1.14. The van der Waals surface area contributed by atoms with Gasteiger partial charge in [0.2, 0.25) is 5.91 Å². The molecule has 0 aliphatic carbocycles. The Balaban J connectivity index is 2.25. The molecule has 1 amide bonds.